The second-order valence-electron chi connectivity index (χ2n) is 9.66. The molecule has 0 aliphatic carbocycles. The van der Waals surface area contributed by atoms with Crippen LogP contribution in [0.4, 0.5) is 0 Å². The number of ether oxygens (including phenoxy) is 3. The van der Waals surface area contributed by atoms with Crippen LogP contribution < -0.4 is 5.43 Å². The van der Waals surface area contributed by atoms with Gasteiger partial charge in [0.15, 0.2) is 11.7 Å². The highest BCUT2D eigenvalue weighted by molar-refractivity contribution is 5.88. The van der Waals surface area contributed by atoms with Crippen LogP contribution in [0.2, 0.25) is 0 Å². The molecule has 14 heteroatoms. The third-order valence-corrected chi connectivity index (χ3v) is 7.06. The molecule has 3 heterocycles. The second-order valence-corrected chi connectivity index (χ2v) is 9.66. The molecule has 0 amide bonds. The van der Waals surface area contributed by atoms with Gasteiger partial charge in [-0.15, -0.1) is 0 Å². The van der Waals surface area contributed by atoms with E-state index in [0.29, 0.717) is 5.56 Å². The van der Waals surface area contributed by atoms with Gasteiger partial charge >= 0.3 is 0 Å². The number of hydrogen-bond donors (Lipinski definition) is 9. The topological polar surface area (TPSA) is 240 Å². The maximum atomic E-state index is 13.1. The number of phenols is 3. The number of hydrogen-bond acceptors (Lipinski definition) is 14. The van der Waals surface area contributed by atoms with Crippen LogP contribution in [0.5, 0.6) is 17.2 Å². The molecule has 0 spiro atoms. The molecular weight excluding hydrogens is 536 g/mol. The first-order chi connectivity index (χ1) is 19.0. The Morgan fingerprint density at radius 1 is 0.900 bits per heavy atom. The van der Waals surface area contributed by atoms with Crippen LogP contribution in [0.15, 0.2) is 45.6 Å². The monoisotopic (exact) mass is 564 g/mol. The predicted octanol–water partition coefficient (Wildman–Crippen LogP) is -1.45. The number of rotatable bonds is 5. The standard InChI is InChI=1S/C26H28O14/c27-7-16-20(33)22(35)23(36)26(39-16)40-25-19(32)13(31)8-37-24(25)18-12(30)6-15-17(21(18)34)11(29)5-14(38-15)9-1-3-10(28)4-2-9/h1-6,13,16,19-20,22-28,30-36H,7-8H2/t13-,16-,19+,20-,22+,23+,24+,25+,26+/m1/s1. The molecule has 2 saturated heterocycles. The van der Waals surface area contributed by atoms with E-state index in [1.165, 1.54) is 24.3 Å². The summed E-state index contributed by atoms with van der Waals surface area (Å²) in [6.45, 7) is -1.24. The molecule has 2 fully saturated rings. The first kappa shape index (κ1) is 28.2. The third kappa shape index (κ3) is 4.89. The largest absolute Gasteiger partial charge is 0.508 e. The van der Waals surface area contributed by atoms with E-state index in [0.717, 1.165) is 12.1 Å². The van der Waals surface area contributed by atoms with Crippen molar-refractivity contribution in [2.24, 2.45) is 0 Å². The smallest absolute Gasteiger partial charge is 0.197 e. The lowest BCUT2D eigenvalue weighted by Crippen LogP contribution is -2.61. The number of aromatic hydroxyl groups is 3. The SMILES string of the molecule is O=c1cc(-c2ccc(O)cc2)oc2cc(O)c([C@@H]3OC[C@@H](O)[C@H](O)[C@@H]3O[C@@H]3O[C@H](CO)[C@@H](O)[C@H](O)[C@@H]3O)c(O)c12. The highest BCUT2D eigenvalue weighted by Crippen LogP contribution is 2.45. The quantitative estimate of drug-likeness (QED) is 0.172. The van der Waals surface area contributed by atoms with Crippen molar-refractivity contribution in [1.82, 2.24) is 0 Å². The molecule has 0 saturated carbocycles. The molecule has 0 radical (unpaired) electrons. The number of benzene rings is 2. The van der Waals surface area contributed by atoms with E-state index in [4.69, 9.17) is 18.6 Å². The van der Waals surface area contributed by atoms with E-state index in [1.54, 1.807) is 0 Å². The molecule has 1 aromatic heterocycles. The van der Waals surface area contributed by atoms with Crippen molar-refractivity contribution in [3.8, 4) is 28.6 Å². The molecule has 3 aromatic rings. The van der Waals surface area contributed by atoms with Gasteiger partial charge in [0, 0.05) is 17.7 Å². The molecule has 5 rings (SSSR count). The Bertz CT molecular complexity index is 1420. The summed E-state index contributed by atoms with van der Waals surface area (Å²) in [4.78, 5) is 13.1. The summed E-state index contributed by atoms with van der Waals surface area (Å²) < 4.78 is 22.3. The van der Waals surface area contributed by atoms with Crippen molar-refractivity contribution >= 4 is 11.0 Å². The average molecular weight is 564 g/mol. The fraction of sp³-hybridized carbons (Fsp3) is 0.423. The number of aliphatic hydroxyl groups excluding tert-OH is 6. The molecule has 216 valence electrons. The highest BCUT2D eigenvalue weighted by Gasteiger charge is 2.49. The summed E-state index contributed by atoms with van der Waals surface area (Å²) in [7, 11) is 0. The fourth-order valence-electron chi connectivity index (χ4n) is 4.88. The van der Waals surface area contributed by atoms with Crippen LogP contribution in [0.3, 0.4) is 0 Å². The molecule has 2 aromatic carbocycles. The van der Waals surface area contributed by atoms with Gasteiger partial charge < -0.3 is 64.6 Å². The Hall–Kier alpha value is -3.31. The summed E-state index contributed by atoms with van der Waals surface area (Å²) >= 11 is 0. The van der Waals surface area contributed by atoms with Crippen LogP contribution >= 0.6 is 0 Å². The minimum Gasteiger partial charge on any atom is -0.508 e. The second kappa shape index (κ2) is 10.9. The molecular formula is C26H28O14. The summed E-state index contributed by atoms with van der Waals surface area (Å²) in [5.74, 6) is -1.32. The zero-order valence-electron chi connectivity index (χ0n) is 20.6. The summed E-state index contributed by atoms with van der Waals surface area (Å²) in [6, 6.07) is 7.90. The van der Waals surface area contributed by atoms with Gasteiger partial charge in [0.25, 0.3) is 0 Å². The van der Waals surface area contributed by atoms with Crippen molar-refractivity contribution < 1.29 is 64.6 Å². The van der Waals surface area contributed by atoms with Crippen molar-refractivity contribution in [1.29, 1.82) is 0 Å². The van der Waals surface area contributed by atoms with Crippen LogP contribution in [-0.2, 0) is 14.2 Å². The first-order valence-corrected chi connectivity index (χ1v) is 12.3. The maximum absolute atomic E-state index is 13.1. The predicted molar refractivity (Wildman–Crippen MR) is 132 cm³/mol. The van der Waals surface area contributed by atoms with Crippen LogP contribution in [0, 0.1) is 0 Å². The van der Waals surface area contributed by atoms with E-state index in [2.05, 4.69) is 0 Å². The number of fused-ring (bicyclic) bond motifs is 1. The first-order valence-electron chi connectivity index (χ1n) is 12.3. The number of phenolic OH excluding ortho intramolecular Hbond substituents is 3. The Morgan fingerprint density at radius 3 is 2.27 bits per heavy atom. The lowest BCUT2D eigenvalue weighted by molar-refractivity contribution is -0.336. The van der Waals surface area contributed by atoms with Gasteiger partial charge in [-0.1, -0.05) is 0 Å². The lowest BCUT2D eigenvalue weighted by Gasteiger charge is -2.44. The Labute approximate surface area is 225 Å². The summed E-state index contributed by atoms with van der Waals surface area (Å²) in [5, 5.41) is 92.1. The normalized spacial score (nSPS) is 32.8. The summed E-state index contributed by atoms with van der Waals surface area (Å²) in [6.07, 6.45) is -14.9. The Balaban J connectivity index is 1.54. The molecule has 2 aliphatic rings. The van der Waals surface area contributed by atoms with Crippen molar-refractivity contribution in [2.75, 3.05) is 13.2 Å². The zero-order chi connectivity index (χ0) is 28.9. The molecule has 2 aliphatic heterocycles. The van der Waals surface area contributed by atoms with E-state index in [-0.39, 0.29) is 22.5 Å². The highest BCUT2D eigenvalue weighted by atomic mass is 16.7. The van der Waals surface area contributed by atoms with E-state index in [1.807, 2.05) is 0 Å². The van der Waals surface area contributed by atoms with Crippen molar-refractivity contribution in [3.05, 3.63) is 52.2 Å². The molecule has 0 bridgehead atoms. The molecule has 14 nitrogen and oxygen atoms in total. The van der Waals surface area contributed by atoms with E-state index < -0.39 is 90.8 Å². The van der Waals surface area contributed by atoms with Gasteiger partial charge in [0.05, 0.1) is 18.8 Å². The van der Waals surface area contributed by atoms with Crippen LogP contribution in [0.25, 0.3) is 22.3 Å². The van der Waals surface area contributed by atoms with Crippen LogP contribution in [0.1, 0.15) is 11.7 Å². The van der Waals surface area contributed by atoms with Crippen molar-refractivity contribution in [2.45, 2.75) is 55.1 Å². The minimum absolute atomic E-state index is 0.00732. The molecule has 0 unspecified atom stereocenters. The fourth-order valence-corrected chi connectivity index (χ4v) is 4.88. The van der Waals surface area contributed by atoms with Gasteiger partial charge in [-0.05, 0) is 24.3 Å². The Morgan fingerprint density at radius 2 is 1.60 bits per heavy atom. The van der Waals surface area contributed by atoms with Gasteiger partial charge in [0.1, 0.15) is 82.8 Å². The van der Waals surface area contributed by atoms with E-state index in [9.17, 15) is 50.8 Å². The Kier molecular flexibility index (Phi) is 7.71. The van der Waals surface area contributed by atoms with Gasteiger partial charge in [-0.25, -0.2) is 0 Å². The molecule has 9 atom stereocenters. The molecule has 9 N–H and O–H groups in total. The zero-order valence-corrected chi connectivity index (χ0v) is 20.6. The van der Waals surface area contributed by atoms with Crippen molar-refractivity contribution in [3.63, 3.8) is 0 Å². The third-order valence-electron chi connectivity index (χ3n) is 7.06. The maximum Gasteiger partial charge on any atom is 0.197 e. The van der Waals surface area contributed by atoms with E-state index >= 15 is 0 Å². The van der Waals surface area contributed by atoms with Gasteiger partial charge in [0.2, 0.25) is 0 Å². The summed E-state index contributed by atoms with van der Waals surface area (Å²) in [5.41, 5.74) is -0.874. The minimum atomic E-state index is -1.87. The average Bonchev–Trinajstić information content (AvgIpc) is 2.92. The number of aliphatic hydroxyl groups is 6. The van der Waals surface area contributed by atoms with Gasteiger partial charge in [-0.2, -0.15) is 0 Å². The van der Waals surface area contributed by atoms with Gasteiger partial charge in [-0.3, -0.25) is 4.79 Å². The van der Waals surface area contributed by atoms with Crippen LogP contribution in [-0.4, -0.2) is 108 Å². The lowest BCUT2D eigenvalue weighted by atomic mass is 9.91. The molecule has 40 heavy (non-hydrogen) atoms.